The Hall–Kier alpha value is 0.260. The molecule has 0 radical (unpaired) electrons. The third-order valence-corrected chi connectivity index (χ3v) is 7.45. The number of rotatable bonds is 5. The minimum Gasteiger partial charge on any atom is -0.357 e. The van der Waals surface area contributed by atoms with Gasteiger partial charge in [0.2, 0.25) is 10.0 Å². The van der Waals surface area contributed by atoms with E-state index in [0.29, 0.717) is 24.3 Å². The van der Waals surface area contributed by atoms with Gasteiger partial charge in [0.1, 0.15) is 0 Å². The topological polar surface area (TPSA) is 65.0 Å². The van der Waals surface area contributed by atoms with Gasteiger partial charge in [-0.2, -0.15) is 11.8 Å². The fourth-order valence-electron chi connectivity index (χ4n) is 3.22. The Balaban J connectivity index is 0.00000312. The zero-order valence-corrected chi connectivity index (χ0v) is 19.6. The van der Waals surface area contributed by atoms with Crippen LogP contribution >= 0.6 is 35.7 Å². The van der Waals surface area contributed by atoms with Crippen molar-refractivity contribution in [3.05, 3.63) is 0 Å². The summed E-state index contributed by atoms with van der Waals surface area (Å²) in [7, 11) is -3.04. The second-order valence-corrected chi connectivity index (χ2v) is 10.0. The quantitative estimate of drug-likeness (QED) is 0.353. The van der Waals surface area contributed by atoms with Gasteiger partial charge in [-0.25, -0.2) is 12.7 Å². The standard InChI is InChI=1S/C16H32N4O2S2.HI/c1-4-15-13-19(10-11-23-15)16(17-5-2)18-12-14-6-8-20(9-7-14)24(3,21)22;/h14-15H,4-13H2,1-3H3,(H,17,18);1H. The molecule has 2 rings (SSSR count). The van der Waals surface area contributed by atoms with Crippen LogP contribution in [0.1, 0.15) is 33.1 Å². The molecule has 148 valence electrons. The second kappa shape index (κ2) is 11.2. The second-order valence-electron chi connectivity index (χ2n) is 6.65. The number of guanidine groups is 1. The number of hydrogen-bond acceptors (Lipinski definition) is 4. The van der Waals surface area contributed by atoms with Crippen LogP contribution in [0.4, 0.5) is 0 Å². The fraction of sp³-hybridized carbons (Fsp3) is 0.938. The van der Waals surface area contributed by atoms with Crippen LogP contribution in [0.5, 0.6) is 0 Å². The van der Waals surface area contributed by atoms with Gasteiger partial charge in [-0.15, -0.1) is 24.0 Å². The highest BCUT2D eigenvalue weighted by Gasteiger charge is 2.25. The molecule has 6 nitrogen and oxygen atoms in total. The molecule has 0 amide bonds. The number of aliphatic imine (C=N–C) groups is 1. The molecule has 0 aromatic rings. The van der Waals surface area contributed by atoms with Gasteiger partial charge in [0.15, 0.2) is 5.96 Å². The third-order valence-electron chi connectivity index (χ3n) is 4.77. The zero-order chi connectivity index (χ0) is 17.6. The van der Waals surface area contributed by atoms with Crippen molar-refractivity contribution in [1.82, 2.24) is 14.5 Å². The molecule has 0 aromatic carbocycles. The Morgan fingerprint density at radius 1 is 1.24 bits per heavy atom. The summed E-state index contributed by atoms with van der Waals surface area (Å²) in [6.45, 7) is 9.42. The lowest BCUT2D eigenvalue weighted by molar-refractivity contribution is 0.279. The summed E-state index contributed by atoms with van der Waals surface area (Å²) in [5.41, 5.74) is 0. The molecule has 0 spiro atoms. The predicted octanol–water partition coefficient (Wildman–Crippen LogP) is 2.07. The number of halogens is 1. The van der Waals surface area contributed by atoms with Crippen LogP contribution in [0.15, 0.2) is 4.99 Å². The molecular formula is C16H33IN4O2S2. The molecule has 1 atom stereocenters. The van der Waals surface area contributed by atoms with E-state index < -0.39 is 10.0 Å². The van der Waals surface area contributed by atoms with Crippen molar-refractivity contribution < 1.29 is 8.42 Å². The Bertz CT molecular complexity index is 522. The van der Waals surface area contributed by atoms with Crippen molar-refractivity contribution in [2.24, 2.45) is 10.9 Å². The lowest BCUT2D eigenvalue weighted by Crippen LogP contribution is -2.48. The average Bonchev–Trinajstić information content (AvgIpc) is 2.58. The Kier molecular flexibility index (Phi) is 10.4. The number of thioether (sulfide) groups is 1. The third kappa shape index (κ3) is 7.42. The lowest BCUT2D eigenvalue weighted by atomic mass is 9.98. The molecule has 2 fully saturated rings. The van der Waals surface area contributed by atoms with Crippen LogP contribution in [-0.4, -0.2) is 80.1 Å². The maximum Gasteiger partial charge on any atom is 0.211 e. The van der Waals surface area contributed by atoms with E-state index in [1.165, 1.54) is 12.7 Å². The molecule has 1 N–H and O–H groups in total. The predicted molar refractivity (Wildman–Crippen MR) is 119 cm³/mol. The molecule has 0 saturated carbocycles. The highest BCUT2D eigenvalue weighted by Crippen LogP contribution is 2.22. The molecule has 2 heterocycles. The maximum atomic E-state index is 11.6. The highest BCUT2D eigenvalue weighted by molar-refractivity contribution is 14.0. The number of hydrogen-bond donors (Lipinski definition) is 1. The monoisotopic (exact) mass is 504 g/mol. The average molecular weight is 505 g/mol. The smallest absolute Gasteiger partial charge is 0.211 e. The van der Waals surface area contributed by atoms with E-state index in [1.807, 2.05) is 0 Å². The van der Waals surface area contributed by atoms with Crippen molar-refractivity contribution in [3.63, 3.8) is 0 Å². The van der Waals surface area contributed by atoms with Crippen LogP contribution in [0, 0.1) is 5.92 Å². The molecule has 9 heteroatoms. The van der Waals surface area contributed by atoms with Crippen molar-refractivity contribution in [2.45, 2.75) is 38.4 Å². The fourth-order valence-corrected chi connectivity index (χ4v) is 5.28. The van der Waals surface area contributed by atoms with Gasteiger partial charge in [0.25, 0.3) is 0 Å². The lowest BCUT2D eigenvalue weighted by Gasteiger charge is -2.35. The van der Waals surface area contributed by atoms with E-state index in [-0.39, 0.29) is 24.0 Å². The number of nitrogens with zero attached hydrogens (tertiary/aromatic N) is 3. The van der Waals surface area contributed by atoms with Crippen molar-refractivity contribution in [2.75, 3.05) is 51.3 Å². The van der Waals surface area contributed by atoms with Crippen LogP contribution in [-0.2, 0) is 10.0 Å². The van der Waals surface area contributed by atoms with Gasteiger partial charge >= 0.3 is 0 Å². The zero-order valence-electron chi connectivity index (χ0n) is 15.6. The number of piperidine rings is 1. The molecule has 0 bridgehead atoms. The van der Waals surface area contributed by atoms with Crippen molar-refractivity contribution in [1.29, 1.82) is 0 Å². The van der Waals surface area contributed by atoms with Gasteiger partial charge in [0.05, 0.1) is 6.26 Å². The van der Waals surface area contributed by atoms with Crippen molar-refractivity contribution >= 4 is 51.7 Å². The summed E-state index contributed by atoms with van der Waals surface area (Å²) in [5.74, 6) is 2.68. The van der Waals surface area contributed by atoms with Gasteiger partial charge in [-0.3, -0.25) is 4.99 Å². The summed E-state index contributed by atoms with van der Waals surface area (Å²) in [4.78, 5) is 7.26. The molecule has 25 heavy (non-hydrogen) atoms. The summed E-state index contributed by atoms with van der Waals surface area (Å²) in [6.07, 6.45) is 4.31. The Labute approximate surface area is 174 Å². The van der Waals surface area contributed by atoms with E-state index in [4.69, 9.17) is 4.99 Å². The first-order chi connectivity index (χ1) is 11.4. The van der Waals surface area contributed by atoms with Crippen LogP contribution in [0.25, 0.3) is 0 Å². The summed E-state index contributed by atoms with van der Waals surface area (Å²) in [6, 6.07) is 0. The molecule has 0 aromatic heterocycles. The molecule has 2 aliphatic rings. The van der Waals surface area contributed by atoms with Gasteiger partial charge in [-0.05, 0) is 32.1 Å². The summed E-state index contributed by atoms with van der Waals surface area (Å²) >= 11 is 2.06. The highest BCUT2D eigenvalue weighted by atomic mass is 127. The van der Waals surface area contributed by atoms with Gasteiger partial charge in [-0.1, -0.05) is 6.92 Å². The molecular weight excluding hydrogens is 471 g/mol. The summed E-state index contributed by atoms with van der Waals surface area (Å²) < 4.78 is 24.8. The Morgan fingerprint density at radius 2 is 1.92 bits per heavy atom. The molecule has 2 aliphatic heterocycles. The minimum absolute atomic E-state index is 0. The van der Waals surface area contributed by atoms with Crippen LogP contribution < -0.4 is 5.32 Å². The van der Waals surface area contributed by atoms with E-state index in [1.54, 1.807) is 4.31 Å². The van der Waals surface area contributed by atoms with Crippen LogP contribution in [0.3, 0.4) is 0 Å². The SMILES string of the molecule is CCNC(=NCC1CCN(S(C)(=O)=O)CC1)N1CCSC(CC)C1.I. The van der Waals surface area contributed by atoms with Gasteiger partial charge < -0.3 is 10.2 Å². The molecule has 0 aliphatic carbocycles. The first-order valence-electron chi connectivity index (χ1n) is 9.04. The largest absolute Gasteiger partial charge is 0.357 e. The summed E-state index contributed by atoms with van der Waals surface area (Å²) in [5, 5.41) is 4.12. The van der Waals surface area contributed by atoms with E-state index in [9.17, 15) is 8.42 Å². The first-order valence-corrected chi connectivity index (χ1v) is 11.9. The Morgan fingerprint density at radius 3 is 2.48 bits per heavy atom. The number of sulfonamides is 1. The molecule has 1 unspecified atom stereocenters. The van der Waals surface area contributed by atoms with Crippen molar-refractivity contribution in [3.8, 4) is 0 Å². The number of nitrogens with one attached hydrogen (secondary N) is 1. The molecule has 2 saturated heterocycles. The van der Waals surface area contributed by atoms with E-state index in [0.717, 1.165) is 50.7 Å². The minimum atomic E-state index is -3.04. The normalized spacial score (nSPS) is 24.0. The maximum absolute atomic E-state index is 11.6. The van der Waals surface area contributed by atoms with E-state index >= 15 is 0 Å². The van der Waals surface area contributed by atoms with Gasteiger partial charge in [0, 0.05) is 50.3 Å². The van der Waals surface area contributed by atoms with E-state index in [2.05, 4.69) is 35.8 Å². The first kappa shape index (κ1) is 23.3. The van der Waals surface area contributed by atoms with Crippen LogP contribution in [0.2, 0.25) is 0 Å².